The number of nitrogens with one attached hydrogen (secondary N) is 2. The van der Waals surface area contributed by atoms with Gasteiger partial charge in [0.25, 0.3) is 0 Å². The van der Waals surface area contributed by atoms with Gasteiger partial charge in [-0.1, -0.05) is 32.4 Å². The van der Waals surface area contributed by atoms with Gasteiger partial charge in [0.15, 0.2) is 0 Å². The number of hydrazine groups is 1. The van der Waals surface area contributed by atoms with Crippen molar-refractivity contribution in [3.63, 3.8) is 0 Å². The Kier molecular flexibility index (Phi) is 8.41. The average Bonchev–Trinajstić information content (AvgIpc) is 3.50. The predicted octanol–water partition coefficient (Wildman–Crippen LogP) is 2.89. The van der Waals surface area contributed by atoms with Crippen molar-refractivity contribution in [3.8, 4) is 0 Å². The van der Waals surface area contributed by atoms with Gasteiger partial charge in [-0.2, -0.15) is 0 Å². The molecule has 3 saturated carbocycles. The molecular weight excluding hydrogens is 578 g/mol. The number of aliphatic hydroxyl groups is 2. The molecule has 0 radical (unpaired) electrons. The van der Waals surface area contributed by atoms with Crippen molar-refractivity contribution < 1.29 is 38.7 Å². The van der Waals surface area contributed by atoms with Crippen molar-refractivity contribution in [2.45, 2.75) is 112 Å². The molecular formula is C34H51N3O8. The second-order valence-electron chi connectivity index (χ2n) is 14.3. The minimum Gasteiger partial charge on any atom is -0.455 e. The van der Waals surface area contributed by atoms with Gasteiger partial charge in [0.2, 0.25) is 5.91 Å². The lowest BCUT2D eigenvalue weighted by Gasteiger charge is -2.67. The van der Waals surface area contributed by atoms with Gasteiger partial charge < -0.3 is 34.5 Å². The average molecular weight is 630 g/mol. The number of carbonyl (C=O) groups excluding carboxylic acids is 2. The van der Waals surface area contributed by atoms with Crippen LogP contribution < -0.4 is 10.7 Å². The highest BCUT2D eigenvalue weighted by molar-refractivity contribution is 6.02. The number of methoxy groups -OCH3 is 3. The lowest BCUT2D eigenvalue weighted by Crippen LogP contribution is -2.85. The number of ether oxygens (including phenoxy) is 4. The van der Waals surface area contributed by atoms with Gasteiger partial charge in [-0.05, 0) is 58.2 Å². The Balaban J connectivity index is 1.40. The van der Waals surface area contributed by atoms with Crippen molar-refractivity contribution in [1.29, 1.82) is 0 Å². The Bertz CT molecular complexity index is 1310. The summed E-state index contributed by atoms with van der Waals surface area (Å²) in [6.45, 7) is 5.90. The van der Waals surface area contributed by atoms with Crippen LogP contribution in [0.5, 0.6) is 0 Å². The van der Waals surface area contributed by atoms with E-state index in [0.29, 0.717) is 36.9 Å². The molecule has 2 saturated heterocycles. The zero-order valence-corrected chi connectivity index (χ0v) is 27.7. The molecule has 11 nitrogen and oxygen atoms in total. The smallest absolute Gasteiger partial charge is 0.340 e. The second-order valence-corrected chi connectivity index (χ2v) is 14.3. The molecule has 4 bridgehead atoms. The molecule has 1 amide bonds. The van der Waals surface area contributed by atoms with Gasteiger partial charge in [0.1, 0.15) is 16.8 Å². The fourth-order valence-corrected chi connectivity index (χ4v) is 10.7. The predicted molar refractivity (Wildman–Crippen MR) is 166 cm³/mol. The van der Waals surface area contributed by atoms with Gasteiger partial charge in [-0.25, -0.2) is 9.80 Å². The molecule has 2 heterocycles. The number of fused-ring (bicyclic) bond motifs is 3. The molecule has 2 aliphatic heterocycles. The number of rotatable bonds is 10. The summed E-state index contributed by atoms with van der Waals surface area (Å²) in [5.74, 6) is -1.72. The summed E-state index contributed by atoms with van der Waals surface area (Å²) in [5, 5.41) is 30.6. The van der Waals surface area contributed by atoms with Crippen molar-refractivity contribution in [2.75, 3.05) is 33.7 Å². The monoisotopic (exact) mass is 629 g/mol. The third-order valence-corrected chi connectivity index (χ3v) is 12.5. The molecule has 1 aromatic rings. The van der Waals surface area contributed by atoms with E-state index in [2.05, 4.69) is 15.8 Å². The molecule has 12 atom stereocenters. The quantitative estimate of drug-likeness (QED) is 0.286. The SMILES string of the molecule is CCCC(C)C(=O)Nc1ccccc1C(=O)OC1(C)CC[C@H](OC)C23C1CC(N2NC)[C@@]1(O)C[C@H](OC)[C@H]2CC3[C@]1(O)[C@H]2OC. The number of hydrogen-bond donors (Lipinski definition) is 4. The standard InChI is InChI=1S/C34H51N3O8/c1-8-11-19(2)29(38)36-22-13-10-9-12-20(22)30(39)45-31(3)15-14-27(43-6)33-24(31)17-26(37(33)35-4)32(40)18-23(42-5)21-16-25(33)34(32,41)28(21)44-7/h9-10,12-13,19,21,23-28,35,40-41H,8,11,14-18H2,1-7H3,(H,36,38)/t19?,21-,23+,24?,25?,26?,27+,28+,31?,32+,33?,34+/m1/s1. The summed E-state index contributed by atoms with van der Waals surface area (Å²) in [4.78, 5) is 27.0. The van der Waals surface area contributed by atoms with E-state index in [1.165, 1.54) is 0 Å². The van der Waals surface area contributed by atoms with E-state index < -0.39 is 46.4 Å². The number of amides is 1. The third kappa shape index (κ3) is 4.27. The molecule has 11 heteroatoms. The molecule has 4 N–H and O–H groups in total. The Labute approximate surface area is 266 Å². The summed E-state index contributed by atoms with van der Waals surface area (Å²) in [6, 6.07) is 6.44. The first kappa shape index (κ1) is 32.8. The Morgan fingerprint density at radius 1 is 1.09 bits per heavy atom. The maximum absolute atomic E-state index is 14.1. The molecule has 250 valence electrons. The van der Waals surface area contributed by atoms with Crippen molar-refractivity contribution >= 4 is 17.6 Å². The molecule has 3 aliphatic carbocycles. The van der Waals surface area contributed by atoms with Crippen molar-refractivity contribution in [3.05, 3.63) is 29.8 Å². The number of para-hydroxylation sites is 1. The molecule has 5 aliphatic rings. The molecule has 45 heavy (non-hydrogen) atoms. The number of hydrogen-bond acceptors (Lipinski definition) is 10. The van der Waals surface area contributed by atoms with E-state index in [1.54, 1.807) is 45.6 Å². The van der Waals surface area contributed by atoms with Crippen LogP contribution in [0.1, 0.15) is 76.1 Å². The first-order valence-electron chi connectivity index (χ1n) is 16.6. The lowest BCUT2D eigenvalue weighted by molar-refractivity contribution is -0.328. The fourth-order valence-electron chi connectivity index (χ4n) is 10.7. The van der Waals surface area contributed by atoms with Crippen molar-refractivity contribution in [1.82, 2.24) is 10.4 Å². The van der Waals surface area contributed by atoms with Crippen LogP contribution in [0, 0.1) is 23.7 Å². The van der Waals surface area contributed by atoms with Crippen LogP contribution in [0.4, 0.5) is 5.69 Å². The first-order chi connectivity index (χ1) is 21.4. The molecule has 6 rings (SSSR count). The van der Waals surface area contributed by atoms with E-state index >= 15 is 0 Å². The highest BCUT2D eigenvalue weighted by atomic mass is 16.6. The summed E-state index contributed by atoms with van der Waals surface area (Å²) in [5.41, 5.74) is -0.760. The van der Waals surface area contributed by atoms with Gasteiger partial charge in [-0.15, -0.1) is 0 Å². The highest BCUT2D eigenvalue weighted by Gasteiger charge is 2.86. The summed E-state index contributed by atoms with van der Waals surface area (Å²) >= 11 is 0. The van der Waals surface area contributed by atoms with Crippen LogP contribution in [0.3, 0.4) is 0 Å². The third-order valence-electron chi connectivity index (χ3n) is 12.5. The van der Waals surface area contributed by atoms with Crippen LogP contribution in [0.15, 0.2) is 24.3 Å². The Morgan fingerprint density at radius 3 is 2.47 bits per heavy atom. The van der Waals surface area contributed by atoms with Crippen LogP contribution in [-0.4, -0.2) is 102 Å². The van der Waals surface area contributed by atoms with E-state index in [9.17, 15) is 19.8 Å². The number of benzene rings is 1. The van der Waals surface area contributed by atoms with E-state index in [0.717, 1.165) is 12.8 Å². The van der Waals surface area contributed by atoms with Gasteiger partial charge in [-0.3, -0.25) is 10.2 Å². The van der Waals surface area contributed by atoms with Gasteiger partial charge >= 0.3 is 5.97 Å². The Morgan fingerprint density at radius 2 is 1.82 bits per heavy atom. The fraction of sp³-hybridized carbons (Fsp3) is 0.765. The maximum atomic E-state index is 14.1. The minimum absolute atomic E-state index is 0.123. The summed E-state index contributed by atoms with van der Waals surface area (Å²) in [6.07, 6.45) is 2.83. The van der Waals surface area contributed by atoms with Crippen LogP contribution in [0.25, 0.3) is 0 Å². The molecule has 0 aromatic heterocycles. The zero-order valence-electron chi connectivity index (χ0n) is 27.7. The van der Waals surface area contributed by atoms with Gasteiger partial charge in [0.05, 0.1) is 41.1 Å². The second kappa shape index (κ2) is 11.5. The van der Waals surface area contributed by atoms with E-state index in [-0.39, 0.29) is 42.3 Å². The Hall–Kier alpha value is -2.12. The van der Waals surface area contributed by atoms with Gasteiger partial charge in [0, 0.05) is 51.4 Å². The lowest BCUT2D eigenvalue weighted by atomic mass is 9.54. The highest BCUT2D eigenvalue weighted by Crippen LogP contribution is 2.72. The zero-order chi connectivity index (χ0) is 32.5. The summed E-state index contributed by atoms with van der Waals surface area (Å²) < 4.78 is 24.8. The van der Waals surface area contributed by atoms with Crippen LogP contribution in [-0.2, 0) is 23.7 Å². The largest absolute Gasteiger partial charge is 0.455 e. The number of piperidine rings is 1. The number of anilines is 1. The van der Waals surface area contributed by atoms with Crippen molar-refractivity contribution in [2.24, 2.45) is 23.7 Å². The van der Waals surface area contributed by atoms with E-state index in [4.69, 9.17) is 18.9 Å². The number of carbonyl (C=O) groups is 2. The van der Waals surface area contributed by atoms with E-state index in [1.807, 2.05) is 27.8 Å². The van der Waals surface area contributed by atoms with Crippen LogP contribution >= 0.6 is 0 Å². The molecule has 1 spiro atoms. The van der Waals surface area contributed by atoms with Crippen LogP contribution in [0.2, 0.25) is 0 Å². The molecule has 6 unspecified atom stereocenters. The minimum atomic E-state index is -1.56. The maximum Gasteiger partial charge on any atom is 0.340 e. The normalized spacial score (nSPS) is 43.9. The topological polar surface area (TPSA) is 139 Å². The number of esters is 1. The summed E-state index contributed by atoms with van der Waals surface area (Å²) in [7, 11) is 6.79. The molecule has 5 fully saturated rings. The number of nitrogens with zero attached hydrogens (tertiary/aromatic N) is 1. The molecule has 1 aromatic carbocycles. The first-order valence-corrected chi connectivity index (χ1v) is 16.6.